The summed E-state index contributed by atoms with van der Waals surface area (Å²) in [6.45, 7) is 6.00. The van der Waals surface area contributed by atoms with Gasteiger partial charge in [0, 0.05) is 25.3 Å². The molecule has 1 saturated heterocycles. The van der Waals surface area contributed by atoms with Crippen molar-refractivity contribution in [3.05, 3.63) is 18.1 Å². The molecular weight excluding hydrogens is 264 g/mol. The molecule has 0 radical (unpaired) electrons. The normalized spacial score (nSPS) is 22.4. The van der Waals surface area contributed by atoms with E-state index in [4.69, 9.17) is 0 Å². The van der Waals surface area contributed by atoms with Gasteiger partial charge in [-0.15, -0.1) is 0 Å². The zero-order chi connectivity index (χ0) is 13.9. The number of nitrogens with one attached hydrogen (secondary N) is 1. The molecule has 0 amide bonds. The van der Waals surface area contributed by atoms with Crippen LogP contribution in [-0.4, -0.2) is 49.0 Å². The van der Waals surface area contributed by atoms with Gasteiger partial charge in [0.05, 0.1) is 23.4 Å². The Morgan fingerprint density at radius 3 is 2.95 bits per heavy atom. The predicted molar refractivity (Wildman–Crippen MR) is 74.9 cm³/mol. The molecule has 1 aliphatic rings. The van der Waals surface area contributed by atoms with Gasteiger partial charge in [0.25, 0.3) is 0 Å². The van der Waals surface area contributed by atoms with Gasteiger partial charge in [-0.3, -0.25) is 4.98 Å². The molecule has 1 N–H and O–H groups in total. The Kier molecular flexibility index (Phi) is 4.36. The van der Waals surface area contributed by atoms with E-state index in [0.717, 1.165) is 18.1 Å². The first-order chi connectivity index (χ1) is 9.02. The lowest BCUT2D eigenvalue weighted by molar-refractivity contribution is 0.566. The third kappa shape index (κ3) is 3.63. The lowest BCUT2D eigenvalue weighted by Gasteiger charge is -2.34. The molecule has 0 bridgehead atoms. The van der Waals surface area contributed by atoms with Gasteiger partial charge in [-0.2, -0.15) is 0 Å². The summed E-state index contributed by atoms with van der Waals surface area (Å²) in [7, 11) is -2.90. The van der Waals surface area contributed by atoms with E-state index in [2.05, 4.69) is 15.3 Å². The number of rotatable bonds is 4. The average molecular weight is 284 g/mol. The Hall–Kier alpha value is -1.21. The zero-order valence-corrected chi connectivity index (χ0v) is 12.2. The van der Waals surface area contributed by atoms with Crippen LogP contribution < -0.4 is 10.2 Å². The highest BCUT2D eigenvalue weighted by atomic mass is 32.2. The number of anilines is 1. The molecule has 6 nitrogen and oxygen atoms in total. The molecule has 7 heteroatoms. The fourth-order valence-corrected chi connectivity index (χ4v) is 3.77. The Labute approximate surface area is 114 Å². The first kappa shape index (κ1) is 14.2. The van der Waals surface area contributed by atoms with E-state index in [9.17, 15) is 8.42 Å². The van der Waals surface area contributed by atoms with Crippen molar-refractivity contribution in [2.24, 2.45) is 0 Å². The highest BCUT2D eigenvalue weighted by molar-refractivity contribution is 7.91. The fraction of sp³-hybridized carbons (Fsp3) is 0.667. The molecule has 19 heavy (non-hydrogen) atoms. The molecule has 0 spiro atoms. The minimum Gasteiger partial charge on any atom is -0.351 e. The second-order valence-corrected chi connectivity index (χ2v) is 7.03. The molecule has 1 aromatic rings. The maximum Gasteiger partial charge on any atom is 0.154 e. The van der Waals surface area contributed by atoms with Crippen LogP contribution in [0.2, 0.25) is 0 Å². The zero-order valence-electron chi connectivity index (χ0n) is 11.3. The first-order valence-electron chi connectivity index (χ1n) is 6.50. The van der Waals surface area contributed by atoms with Gasteiger partial charge in [0.2, 0.25) is 0 Å². The smallest absolute Gasteiger partial charge is 0.154 e. The molecule has 1 aliphatic heterocycles. The largest absolute Gasteiger partial charge is 0.351 e. The summed E-state index contributed by atoms with van der Waals surface area (Å²) in [6, 6.07) is -0.0533. The van der Waals surface area contributed by atoms with Crippen molar-refractivity contribution in [3.8, 4) is 0 Å². The SMILES string of the molecule is CCNCc1cncc(N2CCS(=O)(=O)CC2C)n1. The average Bonchev–Trinajstić information content (AvgIpc) is 2.35. The van der Waals surface area contributed by atoms with Crippen molar-refractivity contribution in [3.63, 3.8) is 0 Å². The second kappa shape index (κ2) is 5.83. The Bertz CT molecular complexity index is 532. The van der Waals surface area contributed by atoms with Crippen LogP contribution >= 0.6 is 0 Å². The van der Waals surface area contributed by atoms with E-state index in [0.29, 0.717) is 13.1 Å². The monoisotopic (exact) mass is 284 g/mol. The lowest BCUT2D eigenvalue weighted by Crippen LogP contribution is -2.47. The molecule has 0 aliphatic carbocycles. The Morgan fingerprint density at radius 1 is 1.47 bits per heavy atom. The third-order valence-corrected chi connectivity index (χ3v) is 4.99. The van der Waals surface area contributed by atoms with Crippen molar-refractivity contribution in [2.75, 3.05) is 29.5 Å². The van der Waals surface area contributed by atoms with Crippen molar-refractivity contribution in [2.45, 2.75) is 26.4 Å². The summed E-state index contributed by atoms with van der Waals surface area (Å²) in [4.78, 5) is 10.7. The van der Waals surface area contributed by atoms with Gasteiger partial charge in [0.15, 0.2) is 9.84 Å². The number of sulfone groups is 1. The topological polar surface area (TPSA) is 75.2 Å². The van der Waals surface area contributed by atoms with Crippen LogP contribution in [0.3, 0.4) is 0 Å². The summed E-state index contributed by atoms with van der Waals surface area (Å²) in [5, 5.41) is 3.20. The summed E-state index contributed by atoms with van der Waals surface area (Å²) >= 11 is 0. The fourth-order valence-electron chi connectivity index (χ4n) is 2.21. The summed E-state index contributed by atoms with van der Waals surface area (Å²) < 4.78 is 23.1. The quantitative estimate of drug-likeness (QED) is 0.852. The van der Waals surface area contributed by atoms with Crippen molar-refractivity contribution < 1.29 is 8.42 Å². The van der Waals surface area contributed by atoms with Crippen LogP contribution in [0.1, 0.15) is 19.5 Å². The van der Waals surface area contributed by atoms with Crippen molar-refractivity contribution in [1.82, 2.24) is 15.3 Å². The summed E-state index contributed by atoms with van der Waals surface area (Å²) in [5.74, 6) is 1.14. The van der Waals surface area contributed by atoms with Gasteiger partial charge in [-0.1, -0.05) is 6.92 Å². The van der Waals surface area contributed by atoms with Gasteiger partial charge in [0.1, 0.15) is 5.82 Å². The number of aromatic nitrogens is 2. The molecule has 2 rings (SSSR count). The molecule has 0 aromatic carbocycles. The van der Waals surface area contributed by atoms with Crippen molar-refractivity contribution >= 4 is 15.7 Å². The lowest BCUT2D eigenvalue weighted by atomic mass is 10.3. The molecule has 1 atom stereocenters. The van der Waals surface area contributed by atoms with E-state index in [1.807, 2.05) is 18.7 Å². The molecule has 1 fully saturated rings. The summed E-state index contributed by atoms with van der Waals surface area (Å²) in [5.41, 5.74) is 0.875. The first-order valence-corrected chi connectivity index (χ1v) is 8.32. The molecule has 0 saturated carbocycles. The van der Waals surface area contributed by atoms with Crippen LogP contribution in [0.4, 0.5) is 5.82 Å². The van der Waals surface area contributed by atoms with Crippen LogP contribution in [0.15, 0.2) is 12.4 Å². The Balaban J connectivity index is 2.13. The maximum absolute atomic E-state index is 11.6. The maximum atomic E-state index is 11.6. The van der Waals surface area contributed by atoms with Gasteiger partial charge in [-0.25, -0.2) is 13.4 Å². The number of hydrogen-bond donors (Lipinski definition) is 1. The second-order valence-electron chi connectivity index (χ2n) is 4.81. The van der Waals surface area contributed by atoms with Gasteiger partial charge >= 0.3 is 0 Å². The predicted octanol–water partition coefficient (Wildman–Crippen LogP) is 0.209. The van der Waals surface area contributed by atoms with E-state index < -0.39 is 9.84 Å². The molecule has 1 unspecified atom stereocenters. The van der Waals surface area contributed by atoms with E-state index in [1.165, 1.54) is 0 Å². The minimum atomic E-state index is -2.90. The number of nitrogens with zero attached hydrogens (tertiary/aromatic N) is 3. The molecule has 106 valence electrons. The van der Waals surface area contributed by atoms with E-state index >= 15 is 0 Å². The summed E-state index contributed by atoms with van der Waals surface area (Å²) in [6.07, 6.45) is 3.43. The van der Waals surface area contributed by atoms with Crippen LogP contribution in [-0.2, 0) is 16.4 Å². The van der Waals surface area contributed by atoms with Crippen LogP contribution in [0.5, 0.6) is 0 Å². The highest BCUT2D eigenvalue weighted by Crippen LogP contribution is 2.18. The highest BCUT2D eigenvalue weighted by Gasteiger charge is 2.29. The van der Waals surface area contributed by atoms with Gasteiger partial charge < -0.3 is 10.2 Å². The van der Waals surface area contributed by atoms with E-state index in [-0.39, 0.29) is 17.5 Å². The molecular formula is C12H20N4O2S. The number of hydrogen-bond acceptors (Lipinski definition) is 6. The molecule has 2 heterocycles. The Morgan fingerprint density at radius 2 is 2.26 bits per heavy atom. The standard InChI is InChI=1S/C12H20N4O2S/c1-3-13-6-11-7-14-8-12(15-11)16-4-5-19(17,18)9-10(16)2/h7-8,10,13H,3-6,9H2,1-2H3. The van der Waals surface area contributed by atoms with E-state index in [1.54, 1.807) is 12.4 Å². The third-order valence-electron chi connectivity index (χ3n) is 3.19. The van der Waals surface area contributed by atoms with Crippen LogP contribution in [0.25, 0.3) is 0 Å². The molecule has 1 aromatic heterocycles. The minimum absolute atomic E-state index is 0.0533. The van der Waals surface area contributed by atoms with Crippen LogP contribution in [0, 0.1) is 0 Å². The van der Waals surface area contributed by atoms with Gasteiger partial charge in [-0.05, 0) is 13.5 Å². The van der Waals surface area contributed by atoms with Crippen molar-refractivity contribution in [1.29, 1.82) is 0 Å².